The van der Waals surface area contributed by atoms with Gasteiger partial charge in [0.25, 0.3) is 0 Å². The van der Waals surface area contributed by atoms with Crippen LogP contribution in [0.5, 0.6) is 0 Å². The lowest BCUT2D eigenvalue weighted by molar-refractivity contribution is -0.161. The molecule has 376 valence electrons. The summed E-state index contributed by atoms with van der Waals surface area (Å²) in [5.74, 6) is -0.875. The molecule has 9 heteroatoms. The molecule has 2 N–H and O–H groups in total. The summed E-state index contributed by atoms with van der Waals surface area (Å²) >= 11 is 0. The number of ether oxygens (including phenoxy) is 2. The number of carbonyl (C=O) groups excluding carboxylic acids is 2. The highest BCUT2D eigenvalue weighted by Crippen LogP contribution is 2.36. The standard InChI is InChI=1S/C55H103O8P/c1-3-5-7-9-11-13-15-17-19-21-23-25-27-29-31-33-35-37-39-41-43-45-47-49-54(56)61-51-53(52-62-64(58,59)60)63-55(57)50-48-46-44-42-40-38-36-34-32-30-28-26-24-22-20-18-16-14-12-10-8-6-4-2/h16,18,21-24,53H,3-15,17,19-20,25-52H2,1-2H3,(H2,58,59,60)/b18-16-,23-21-,24-22-. The van der Waals surface area contributed by atoms with Crippen LogP contribution in [0.2, 0.25) is 0 Å². The van der Waals surface area contributed by atoms with E-state index in [1.54, 1.807) is 0 Å². The Morgan fingerprint density at radius 2 is 0.703 bits per heavy atom. The van der Waals surface area contributed by atoms with Gasteiger partial charge >= 0.3 is 19.8 Å². The van der Waals surface area contributed by atoms with E-state index in [4.69, 9.17) is 19.3 Å². The zero-order valence-corrected chi connectivity index (χ0v) is 42.8. The SMILES string of the molecule is CCCCCCC/C=C\C/C=C\CCCCCCCCCCCCCC(=O)OC(COC(=O)CCCCCCCCCCCCC/C=C\CCCCCCCCCC)COP(=O)(O)O. The number of unbranched alkanes of at least 4 members (excludes halogenated alkanes) is 35. The van der Waals surface area contributed by atoms with Gasteiger partial charge in [0, 0.05) is 12.8 Å². The van der Waals surface area contributed by atoms with Crippen LogP contribution >= 0.6 is 7.82 Å². The number of hydrogen-bond acceptors (Lipinski definition) is 6. The third kappa shape index (κ3) is 52.9. The predicted molar refractivity (Wildman–Crippen MR) is 272 cm³/mol. The Hall–Kier alpha value is -1.73. The quantitative estimate of drug-likeness (QED) is 0.0268. The van der Waals surface area contributed by atoms with E-state index >= 15 is 0 Å². The number of phosphoric ester groups is 1. The van der Waals surface area contributed by atoms with Crippen LogP contribution in [-0.4, -0.2) is 41.0 Å². The first-order valence-electron chi connectivity index (χ1n) is 27.3. The molecule has 64 heavy (non-hydrogen) atoms. The van der Waals surface area contributed by atoms with Gasteiger partial charge in [0.2, 0.25) is 0 Å². The van der Waals surface area contributed by atoms with Crippen LogP contribution in [0.4, 0.5) is 0 Å². The summed E-state index contributed by atoms with van der Waals surface area (Å²) in [5, 5.41) is 0. The smallest absolute Gasteiger partial charge is 0.462 e. The molecule has 0 fully saturated rings. The number of rotatable bonds is 51. The van der Waals surface area contributed by atoms with E-state index < -0.39 is 32.5 Å². The second kappa shape index (κ2) is 50.7. The average molecular weight is 923 g/mol. The molecule has 0 aliphatic carbocycles. The first-order chi connectivity index (χ1) is 31.3. The molecule has 0 spiro atoms. The molecule has 0 aliphatic heterocycles. The Balaban J connectivity index is 3.78. The van der Waals surface area contributed by atoms with E-state index in [0.717, 1.165) is 44.9 Å². The number of phosphoric acid groups is 1. The molecule has 8 nitrogen and oxygen atoms in total. The second-order valence-corrected chi connectivity index (χ2v) is 19.8. The molecule has 1 unspecified atom stereocenters. The van der Waals surface area contributed by atoms with Gasteiger partial charge in [0.05, 0.1) is 6.61 Å². The topological polar surface area (TPSA) is 119 Å². The van der Waals surface area contributed by atoms with Crippen LogP contribution in [0.25, 0.3) is 0 Å². The number of esters is 2. The van der Waals surface area contributed by atoms with Crippen LogP contribution < -0.4 is 0 Å². The van der Waals surface area contributed by atoms with Gasteiger partial charge in [-0.3, -0.25) is 14.1 Å². The summed E-state index contributed by atoms with van der Waals surface area (Å²) < 4.78 is 26.6. The summed E-state index contributed by atoms with van der Waals surface area (Å²) in [6, 6.07) is 0. The summed E-state index contributed by atoms with van der Waals surface area (Å²) in [4.78, 5) is 43.2. The molecule has 1 atom stereocenters. The minimum absolute atomic E-state index is 0.211. The first-order valence-corrected chi connectivity index (χ1v) is 28.8. The monoisotopic (exact) mass is 923 g/mol. The third-order valence-corrected chi connectivity index (χ3v) is 12.6. The number of carbonyl (C=O) groups is 2. The summed E-state index contributed by atoms with van der Waals surface area (Å²) in [6.45, 7) is 3.72. The van der Waals surface area contributed by atoms with E-state index in [9.17, 15) is 14.2 Å². The minimum Gasteiger partial charge on any atom is -0.462 e. The molecule has 0 aromatic heterocycles. The fourth-order valence-electron chi connectivity index (χ4n) is 8.05. The summed E-state index contributed by atoms with van der Waals surface area (Å²) in [5.41, 5.74) is 0. The molecule has 0 aromatic rings. The fraction of sp³-hybridized carbons (Fsp3) is 0.855. The van der Waals surface area contributed by atoms with Gasteiger partial charge in [0.15, 0.2) is 6.10 Å². The lowest BCUT2D eigenvalue weighted by Gasteiger charge is -2.18. The summed E-state index contributed by atoms with van der Waals surface area (Å²) in [6.07, 6.45) is 63.1. The van der Waals surface area contributed by atoms with E-state index in [2.05, 4.69) is 54.8 Å². The van der Waals surface area contributed by atoms with E-state index in [0.29, 0.717) is 6.42 Å². The highest BCUT2D eigenvalue weighted by molar-refractivity contribution is 7.46. The molecular weight excluding hydrogens is 820 g/mol. The van der Waals surface area contributed by atoms with Gasteiger partial charge in [-0.25, -0.2) is 4.57 Å². The predicted octanol–water partition coefficient (Wildman–Crippen LogP) is 17.6. The molecule has 0 saturated carbocycles. The molecule has 0 bridgehead atoms. The minimum atomic E-state index is -4.76. The largest absolute Gasteiger partial charge is 0.469 e. The average Bonchev–Trinajstić information content (AvgIpc) is 3.27. The van der Waals surface area contributed by atoms with Crippen molar-refractivity contribution >= 4 is 19.8 Å². The van der Waals surface area contributed by atoms with Gasteiger partial charge in [-0.1, -0.05) is 237 Å². The highest BCUT2D eigenvalue weighted by Gasteiger charge is 2.23. The Bertz CT molecular complexity index is 1130. The van der Waals surface area contributed by atoms with Crippen molar-refractivity contribution in [1.29, 1.82) is 0 Å². The second-order valence-electron chi connectivity index (χ2n) is 18.6. The molecule has 0 aromatic carbocycles. The van der Waals surface area contributed by atoms with Gasteiger partial charge in [-0.15, -0.1) is 0 Å². The Morgan fingerprint density at radius 3 is 1.05 bits per heavy atom. The molecular formula is C55H103O8P. The zero-order chi connectivity index (χ0) is 46.7. The van der Waals surface area contributed by atoms with Crippen LogP contribution in [0.15, 0.2) is 36.5 Å². The van der Waals surface area contributed by atoms with Crippen molar-refractivity contribution in [3.8, 4) is 0 Å². The van der Waals surface area contributed by atoms with Crippen molar-refractivity contribution in [3.63, 3.8) is 0 Å². The van der Waals surface area contributed by atoms with Gasteiger partial charge in [0.1, 0.15) is 6.61 Å². The van der Waals surface area contributed by atoms with Crippen molar-refractivity contribution in [2.24, 2.45) is 0 Å². The molecule has 0 amide bonds. The lowest BCUT2D eigenvalue weighted by Crippen LogP contribution is -2.29. The fourth-order valence-corrected chi connectivity index (χ4v) is 8.41. The maximum absolute atomic E-state index is 12.5. The van der Waals surface area contributed by atoms with Crippen molar-refractivity contribution in [1.82, 2.24) is 0 Å². The van der Waals surface area contributed by atoms with E-state index in [-0.39, 0.29) is 19.4 Å². The first kappa shape index (κ1) is 62.3. The van der Waals surface area contributed by atoms with Crippen molar-refractivity contribution in [3.05, 3.63) is 36.5 Å². The van der Waals surface area contributed by atoms with Crippen molar-refractivity contribution < 1.29 is 37.9 Å². The van der Waals surface area contributed by atoms with Gasteiger partial charge < -0.3 is 19.3 Å². The van der Waals surface area contributed by atoms with Gasteiger partial charge in [-0.05, 0) is 70.6 Å². The van der Waals surface area contributed by atoms with Crippen LogP contribution in [-0.2, 0) is 28.2 Å². The van der Waals surface area contributed by atoms with E-state index in [1.807, 2.05) is 0 Å². The van der Waals surface area contributed by atoms with Crippen LogP contribution in [0, 0.1) is 0 Å². The highest BCUT2D eigenvalue weighted by atomic mass is 31.2. The number of hydrogen-bond donors (Lipinski definition) is 2. The molecule has 0 heterocycles. The Labute approximate surface area is 395 Å². The Morgan fingerprint density at radius 1 is 0.406 bits per heavy atom. The van der Waals surface area contributed by atoms with Crippen LogP contribution in [0.3, 0.4) is 0 Å². The zero-order valence-electron chi connectivity index (χ0n) is 41.9. The normalized spacial score (nSPS) is 12.6. The molecule has 0 saturated heterocycles. The maximum atomic E-state index is 12.5. The van der Waals surface area contributed by atoms with Crippen molar-refractivity contribution in [2.75, 3.05) is 13.2 Å². The van der Waals surface area contributed by atoms with E-state index in [1.165, 1.54) is 205 Å². The molecule has 0 aliphatic rings. The third-order valence-electron chi connectivity index (χ3n) is 12.1. The maximum Gasteiger partial charge on any atom is 0.469 e. The molecule has 0 radical (unpaired) electrons. The van der Waals surface area contributed by atoms with Crippen molar-refractivity contribution in [2.45, 2.75) is 290 Å². The molecule has 0 rings (SSSR count). The summed E-state index contributed by atoms with van der Waals surface area (Å²) in [7, 11) is -4.76. The Kier molecular flexibility index (Phi) is 49.3. The van der Waals surface area contributed by atoms with Crippen LogP contribution in [0.1, 0.15) is 284 Å². The lowest BCUT2D eigenvalue weighted by atomic mass is 10.0. The van der Waals surface area contributed by atoms with Gasteiger partial charge in [-0.2, -0.15) is 0 Å². The number of allylic oxidation sites excluding steroid dienone is 6.